The van der Waals surface area contributed by atoms with Crippen molar-refractivity contribution in [1.29, 1.82) is 0 Å². The van der Waals surface area contributed by atoms with Gasteiger partial charge in [0.25, 0.3) is 10.5 Å². The van der Waals surface area contributed by atoms with Crippen LogP contribution in [0.25, 0.3) is 0 Å². The first kappa shape index (κ1) is 11.4. The van der Waals surface area contributed by atoms with Crippen LogP contribution in [-0.2, 0) is 0 Å². The lowest BCUT2D eigenvalue weighted by Gasteiger charge is -2.18. The minimum Gasteiger partial charge on any atom is -0.238 e. The first-order chi connectivity index (χ1) is 4.76. The highest BCUT2D eigenvalue weighted by atomic mass is 79.9. The molecule has 0 aromatic heterocycles. The van der Waals surface area contributed by atoms with Gasteiger partial charge in [-0.25, -0.2) is 22.0 Å². The lowest BCUT2D eigenvalue weighted by Crippen LogP contribution is -2.35. The van der Waals surface area contributed by atoms with E-state index in [0.717, 1.165) is 0 Å². The van der Waals surface area contributed by atoms with Crippen LogP contribution in [0.15, 0.2) is 0 Å². The molecule has 3 atom stereocenters. The van der Waals surface area contributed by atoms with Crippen LogP contribution in [0.4, 0.5) is 22.0 Å². The molecule has 0 aromatic carbocycles. The summed E-state index contributed by atoms with van der Waals surface area (Å²) >= 11 is 6.39. The van der Waals surface area contributed by atoms with Crippen molar-refractivity contribution >= 4 is 27.5 Å². The molecule has 0 saturated heterocycles. The van der Waals surface area contributed by atoms with Crippen molar-refractivity contribution < 1.29 is 22.0 Å². The van der Waals surface area contributed by atoms with Crippen LogP contribution in [0.3, 0.4) is 0 Å². The highest BCUT2D eigenvalue weighted by Crippen LogP contribution is 2.35. The van der Waals surface area contributed by atoms with Crippen LogP contribution in [0, 0.1) is 0 Å². The molecule has 0 nitrogen and oxygen atoms in total. The van der Waals surface area contributed by atoms with Crippen molar-refractivity contribution in [2.45, 2.75) is 22.8 Å². The fourth-order valence-electron chi connectivity index (χ4n) is 0.308. The van der Waals surface area contributed by atoms with E-state index in [9.17, 15) is 22.0 Å². The van der Waals surface area contributed by atoms with Gasteiger partial charge >= 0.3 is 0 Å². The molecule has 0 amide bonds. The van der Waals surface area contributed by atoms with E-state index in [2.05, 4.69) is 11.6 Å². The van der Waals surface area contributed by atoms with Crippen LogP contribution in [0.5, 0.6) is 0 Å². The van der Waals surface area contributed by atoms with E-state index in [1.165, 1.54) is 0 Å². The smallest absolute Gasteiger partial charge is 0.238 e. The summed E-state index contributed by atoms with van der Waals surface area (Å²) in [5, 5.41) is 0. The maximum absolute atomic E-state index is 12.1. The molecule has 3 unspecified atom stereocenters. The van der Waals surface area contributed by atoms with E-state index in [1.54, 1.807) is 0 Å². The van der Waals surface area contributed by atoms with Crippen molar-refractivity contribution in [2.24, 2.45) is 0 Å². The number of halogens is 7. The maximum Gasteiger partial charge on any atom is 0.272 e. The predicted molar refractivity (Wildman–Crippen MR) is 34.4 cm³/mol. The summed E-state index contributed by atoms with van der Waals surface area (Å²) in [5.41, 5.74) is 0. The van der Waals surface area contributed by atoms with E-state index in [0.29, 0.717) is 0 Å². The molecule has 0 radical (unpaired) electrons. The quantitative estimate of drug-likeness (QED) is 0.541. The third-order valence-electron chi connectivity index (χ3n) is 0.833. The summed E-state index contributed by atoms with van der Waals surface area (Å²) in [6.07, 6.45) is -9.91. The van der Waals surface area contributed by atoms with Gasteiger partial charge in [0.1, 0.15) is 0 Å². The normalized spacial score (nSPS) is 22.9. The topological polar surface area (TPSA) is 0 Å². The van der Waals surface area contributed by atoms with Gasteiger partial charge in [-0.2, -0.15) is 0 Å². The average Bonchev–Trinajstić information content (AvgIpc) is 1.82. The summed E-state index contributed by atoms with van der Waals surface area (Å²) in [4.78, 5) is 0. The van der Waals surface area contributed by atoms with Crippen LogP contribution < -0.4 is 0 Å². The van der Waals surface area contributed by atoms with Gasteiger partial charge in [-0.05, 0) is 15.9 Å². The van der Waals surface area contributed by atoms with E-state index in [4.69, 9.17) is 0 Å². The summed E-state index contributed by atoms with van der Waals surface area (Å²) in [5.74, 6) is 0. The van der Waals surface area contributed by atoms with E-state index < -0.39 is 22.8 Å². The van der Waals surface area contributed by atoms with Crippen molar-refractivity contribution in [2.75, 3.05) is 0 Å². The Morgan fingerprint density at radius 2 is 1.55 bits per heavy atom. The molecule has 0 saturated carbocycles. The van der Waals surface area contributed by atoms with Gasteiger partial charge in [0, 0.05) is 0 Å². The molecule has 0 fully saturated rings. The Morgan fingerprint density at radius 3 is 1.64 bits per heavy atom. The molecule has 0 bridgehead atoms. The van der Waals surface area contributed by atoms with Crippen molar-refractivity contribution in [3.63, 3.8) is 0 Å². The molecular weight excluding hydrogens is 258 g/mol. The van der Waals surface area contributed by atoms with Gasteiger partial charge in [0.2, 0.25) is 0 Å². The van der Waals surface area contributed by atoms with Crippen LogP contribution in [0.2, 0.25) is 0 Å². The highest BCUT2D eigenvalue weighted by molar-refractivity contribution is 9.10. The number of rotatable bonds is 3. The van der Waals surface area contributed by atoms with Crippen LogP contribution in [-0.4, -0.2) is 22.8 Å². The Hall–Kier alpha value is 0.420. The van der Waals surface area contributed by atoms with Crippen molar-refractivity contribution in [3.8, 4) is 0 Å². The number of alkyl halides is 7. The Morgan fingerprint density at radius 1 is 1.18 bits per heavy atom. The summed E-state index contributed by atoms with van der Waals surface area (Å²) in [6.45, 7) is 0. The number of hydrogen-bond acceptors (Lipinski definition) is 0. The second-order valence-corrected chi connectivity index (χ2v) is 3.88. The van der Waals surface area contributed by atoms with Crippen molar-refractivity contribution in [1.82, 2.24) is 0 Å². The Kier molecular flexibility index (Phi) is 4.04. The lowest BCUT2D eigenvalue weighted by atomic mass is 10.3. The predicted octanol–water partition coefficient (Wildman–Crippen LogP) is 3.18. The average molecular weight is 261 g/mol. The maximum atomic E-state index is 12.1. The Balaban J connectivity index is 4.13. The standard InChI is InChI=1S/C4H3BrClF5/c5-4(6,11)2(8)1(7)3(9)10/h1-3H. The van der Waals surface area contributed by atoms with Gasteiger partial charge in [-0.3, -0.25) is 0 Å². The molecule has 0 aliphatic heterocycles. The number of hydrogen-bond donors (Lipinski definition) is 0. The third-order valence-corrected chi connectivity index (χ3v) is 1.48. The minimum absolute atomic E-state index is 1.86. The van der Waals surface area contributed by atoms with E-state index >= 15 is 0 Å². The molecule has 0 aliphatic carbocycles. The minimum atomic E-state index is -3.59. The molecule has 0 spiro atoms. The highest BCUT2D eigenvalue weighted by Gasteiger charge is 2.45. The summed E-state index contributed by atoms with van der Waals surface area (Å²) in [6, 6.07) is 0. The lowest BCUT2D eigenvalue weighted by molar-refractivity contribution is -0.0141. The van der Waals surface area contributed by atoms with Crippen LogP contribution in [0.1, 0.15) is 0 Å². The molecule has 0 N–H and O–H groups in total. The summed E-state index contributed by atoms with van der Waals surface area (Å²) in [7, 11) is 0. The summed E-state index contributed by atoms with van der Waals surface area (Å²) < 4.78 is 55.6. The van der Waals surface area contributed by atoms with Gasteiger partial charge in [-0.1, -0.05) is 11.6 Å². The molecule has 68 valence electrons. The van der Waals surface area contributed by atoms with Crippen molar-refractivity contribution in [3.05, 3.63) is 0 Å². The molecule has 0 heterocycles. The van der Waals surface area contributed by atoms with E-state index in [1.807, 2.05) is 15.9 Å². The molecular formula is C4H3BrClF5. The molecule has 7 heteroatoms. The largest absolute Gasteiger partial charge is 0.272 e. The van der Waals surface area contributed by atoms with Gasteiger partial charge in [0.05, 0.1) is 0 Å². The fourth-order valence-corrected chi connectivity index (χ4v) is 0.681. The first-order valence-corrected chi connectivity index (χ1v) is 3.57. The molecule has 0 aliphatic rings. The van der Waals surface area contributed by atoms with Crippen LogP contribution >= 0.6 is 27.5 Å². The molecule has 0 aromatic rings. The second kappa shape index (κ2) is 3.89. The first-order valence-electron chi connectivity index (χ1n) is 2.40. The molecule has 0 rings (SSSR count). The van der Waals surface area contributed by atoms with Gasteiger partial charge in [-0.15, -0.1) is 0 Å². The van der Waals surface area contributed by atoms with Gasteiger partial charge < -0.3 is 0 Å². The molecule has 11 heavy (non-hydrogen) atoms. The Bertz CT molecular complexity index is 124. The second-order valence-electron chi connectivity index (χ2n) is 1.72. The monoisotopic (exact) mass is 260 g/mol. The third kappa shape index (κ3) is 3.55. The SMILES string of the molecule is FC(F)C(F)C(F)C(F)(Cl)Br. The Labute approximate surface area is 72.8 Å². The van der Waals surface area contributed by atoms with Gasteiger partial charge in [0.15, 0.2) is 12.3 Å². The van der Waals surface area contributed by atoms with E-state index in [-0.39, 0.29) is 0 Å². The zero-order valence-electron chi connectivity index (χ0n) is 4.88. The zero-order chi connectivity index (χ0) is 9.23. The fraction of sp³-hybridized carbons (Fsp3) is 1.00. The zero-order valence-corrected chi connectivity index (χ0v) is 7.22.